The summed E-state index contributed by atoms with van der Waals surface area (Å²) in [4.78, 5) is 49.1. The average Bonchev–Trinajstić information content (AvgIpc) is 2.53. The molecule has 0 aliphatic rings. The second kappa shape index (κ2) is 3.47. The number of rotatable bonds is 2. The summed E-state index contributed by atoms with van der Waals surface area (Å²) in [5, 5.41) is 8.63. The number of nitrogens with one attached hydrogen (secondary N) is 2. The lowest BCUT2D eigenvalue weighted by Crippen LogP contribution is -2.30. The van der Waals surface area contributed by atoms with Crippen molar-refractivity contribution in [2.45, 2.75) is 6.54 Å². The van der Waals surface area contributed by atoms with Crippen LogP contribution in [-0.4, -0.2) is 30.2 Å². The van der Waals surface area contributed by atoms with Crippen LogP contribution >= 0.6 is 0 Å². The second-order valence-electron chi connectivity index (χ2n) is 3.43. The van der Waals surface area contributed by atoms with Gasteiger partial charge >= 0.3 is 17.3 Å². The van der Waals surface area contributed by atoms with Crippen LogP contribution in [0, 0.1) is 0 Å². The van der Waals surface area contributed by atoms with Crippen LogP contribution in [0.4, 0.5) is 0 Å². The Balaban J connectivity index is 2.97. The highest BCUT2D eigenvalue weighted by Crippen LogP contribution is 2.00. The van der Waals surface area contributed by atoms with E-state index >= 15 is 0 Å². The number of nitrogens with zero attached hydrogens (tertiary/aromatic N) is 2. The SMILES string of the molecule is Cn1c(=O)[nH]c(=O)c2c1[nH]c(=O)n2CC(=O)O. The van der Waals surface area contributed by atoms with E-state index in [9.17, 15) is 19.2 Å². The summed E-state index contributed by atoms with van der Waals surface area (Å²) in [6.07, 6.45) is 0. The minimum Gasteiger partial charge on any atom is -0.480 e. The van der Waals surface area contributed by atoms with Gasteiger partial charge in [0.05, 0.1) is 0 Å². The molecule has 0 bridgehead atoms. The highest BCUT2D eigenvalue weighted by Gasteiger charge is 2.15. The van der Waals surface area contributed by atoms with E-state index in [-0.39, 0.29) is 11.2 Å². The molecule has 0 aromatic carbocycles. The summed E-state index contributed by atoms with van der Waals surface area (Å²) in [5.41, 5.74) is -2.42. The summed E-state index contributed by atoms with van der Waals surface area (Å²) in [6.45, 7) is -0.653. The number of aliphatic carboxylic acids is 1. The Labute approximate surface area is 91.9 Å². The Morgan fingerprint density at radius 1 is 1.24 bits per heavy atom. The molecule has 9 heteroatoms. The van der Waals surface area contributed by atoms with Crippen molar-refractivity contribution in [2.75, 3.05) is 0 Å². The number of carboxylic acids is 1. The summed E-state index contributed by atoms with van der Waals surface area (Å²) in [5.74, 6) is -1.26. The molecule has 0 atom stereocenters. The molecule has 2 aromatic heterocycles. The third-order valence-corrected chi connectivity index (χ3v) is 2.33. The number of fused-ring (bicyclic) bond motifs is 1. The molecule has 0 radical (unpaired) electrons. The molecule has 2 heterocycles. The number of aryl methyl sites for hydroxylation is 1. The van der Waals surface area contributed by atoms with Crippen LogP contribution in [0.2, 0.25) is 0 Å². The zero-order valence-electron chi connectivity index (χ0n) is 8.68. The lowest BCUT2D eigenvalue weighted by molar-refractivity contribution is -0.137. The average molecular weight is 240 g/mol. The minimum absolute atomic E-state index is 0.00926. The molecule has 0 fully saturated rings. The van der Waals surface area contributed by atoms with E-state index < -0.39 is 29.5 Å². The van der Waals surface area contributed by atoms with E-state index in [0.29, 0.717) is 0 Å². The van der Waals surface area contributed by atoms with E-state index in [4.69, 9.17) is 5.11 Å². The highest BCUT2D eigenvalue weighted by molar-refractivity contribution is 5.73. The quantitative estimate of drug-likeness (QED) is 0.548. The first-order chi connectivity index (χ1) is 7.91. The van der Waals surface area contributed by atoms with Crippen LogP contribution < -0.4 is 16.9 Å². The Kier molecular flexibility index (Phi) is 2.23. The van der Waals surface area contributed by atoms with Crippen molar-refractivity contribution in [2.24, 2.45) is 7.05 Å². The van der Waals surface area contributed by atoms with Crippen molar-refractivity contribution in [1.29, 1.82) is 0 Å². The molecule has 0 aliphatic heterocycles. The lowest BCUT2D eigenvalue weighted by Gasteiger charge is -1.99. The molecule has 0 aliphatic carbocycles. The first-order valence-corrected chi connectivity index (χ1v) is 4.55. The normalized spacial score (nSPS) is 10.9. The van der Waals surface area contributed by atoms with Crippen molar-refractivity contribution in [3.8, 4) is 0 Å². The molecule has 3 N–H and O–H groups in total. The summed E-state index contributed by atoms with van der Waals surface area (Å²) < 4.78 is 1.78. The number of carbonyl (C=O) groups is 1. The van der Waals surface area contributed by atoms with Gasteiger partial charge in [-0.2, -0.15) is 0 Å². The Morgan fingerprint density at radius 2 is 1.88 bits per heavy atom. The monoisotopic (exact) mass is 240 g/mol. The van der Waals surface area contributed by atoms with Gasteiger partial charge in [-0.15, -0.1) is 0 Å². The zero-order chi connectivity index (χ0) is 12.7. The lowest BCUT2D eigenvalue weighted by atomic mass is 10.5. The van der Waals surface area contributed by atoms with Crippen molar-refractivity contribution in [3.63, 3.8) is 0 Å². The van der Waals surface area contributed by atoms with Gasteiger partial charge in [-0.05, 0) is 0 Å². The maximum atomic E-state index is 11.5. The molecule has 90 valence electrons. The number of hydrogen-bond donors (Lipinski definition) is 3. The fourth-order valence-corrected chi connectivity index (χ4v) is 1.56. The largest absolute Gasteiger partial charge is 0.480 e. The standard InChI is InChI=1S/C8H8N4O5/c1-11-5-4(6(15)10-7(11)16)12(2-3(13)14)8(17)9-5/h2H2,1H3,(H,9,17)(H,13,14)(H,10,15,16). The fraction of sp³-hybridized carbons (Fsp3) is 0.250. The molecule has 2 rings (SSSR count). The third-order valence-electron chi connectivity index (χ3n) is 2.33. The maximum Gasteiger partial charge on any atom is 0.329 e. The molecular weight excluding hydrogens is 232 g/mol. The molecule has 0 unspecified atom stereocenters. The Bertz CT molecular complexity index is 774. The van der Waals surface area contributed by atoms with Crippen LogP contribution in [0.15, 0.2) is 14.4 Å². The van der Waals surface area contributed by atoms with E-state index in [1.165, 1.54) is 7.05 Å². The van der Waals surface area contributed by atoms with Crippen molar-refractivity contribution in [3.05, 3.63) is 31.3 Å². The molecule has 0 saturated heterocycles. The van der Waals surface area contributed by atoms with Crippen LogP contribution in [0.25, 0.3) is 11.2 Å². The number of imidazole rings is 1. The zero-order valence-corrected chi connectivity index (χ0v) is 8.68. The van der Waals surface area contributed by atoms with Crippen molar-refractivity contribution < 1.29 is 9.90 Å². The smallest absolute Gasteiger partial charge is 0.329 e. The molecular formula is C8H8N4O5. The molecule has 9 nitrogen and oxygen atoms in total. The first kappa shape index (κ1) is 10.9. The fourth-order valence-electron chi connectivity index (χ4n) is 1.56. The molecule has 0 saturated carbocycles. The topological polar surface area (TPSA) is 130 Å². The van der Waals surface area contributed by atoms with Gasteiger partial charge < -0.3 is 5.11 Å². The Morgan fingerprint density at radius 3 is 2.47 bits per heavy atom. The van der Waals surface area contributed by atoms with Crippen molar-refractivity contribution in [1.82, 2.24) is 19.1 Å². The second-order valence-corrected chi connectivity index (χ2v) is 3.43. The molecule has 2 aromatic rings. The van der Waals surface area contributed by atoms with Gasteiger partial charge in [0, 0.05) is 7.05 Å². The summed E-state index contributed by atoms with van der Waals surface area (Å²) in [6, 6.07) is 0. The van der Waals surface area contributed by atoms with Gasteiger partial charge in [-0.1, -0.05) is 0 Å². The minimum atomic E-state index is -1.26. The van der Waals surface area contributed by atoms with E-state index in [0.717, 1.165) is 9.13 Å². The Hall–Kier alpha value is -2.58. The molecule has 0 amide bonds. The van der Waals surface area contributed by atoms with Gasteiger partial charge in [0.2, 0.25) is 0 Å². The van der Waals surface area contributed by atoms with Crippen LogP contribution in [0.1, 0.15) is 0 Å². The maximum absolute atomic E-state index is 11.5. The first-order valence-electron chi connectivity index (χ1n) is 4.55. The van der Waals surface area contributed by atoms with Gasteiger partial charge in [0.15, 0.2) is 5.52 Å². The van der Waals surface area contributed by atoms with E-state index in [1.807, 2.05) is 4.98 Å². The predicted octanol–water partition coefficient (Wildman–Crippen LogP) is -2.20. The van der Waals surface area contributed by atoms with Gasteiger partial charge in [-0.3, -0.25) is 28.7 Å². The number of H-pyrrole nitrogens is 2. The van der Waals surface area contributed by atoms with Crippen LogP contribution in [0.5, 0.6) is 0 Å². The molecule has 0 spiro atoms. The highest BCUT2D eigenvalue weighted by atomic mass is 16.4. The van der Waals surface area contributed by atoms with Gasteiger partial charge in [-0.25, -0.2) is 9.59 Å². The summed E-state index contributed by atoms with van der Waals surface area (Å²) >= 11 is 0. The number of hydrogen-bond acceptors (Lipinski definition) is 4. The van der Waals surface area contributed by atoms with Crippen molar-refractivity contribution >= 4 is 17.1 Å². The summed E-state index contributed by atoms with van der Waals surface area (Å²) in [7, 11) is 1.35. The third kappa shape index (κ3) is 1.57. The molecule has 17 heavy (non-hydrogen) atoms. The van der Waals surface area contributed by atoms with Gasteiger partial charge in [0.1, 0.15) is 12.2 Å². The number of carboxylic acid groups (broad SMARTS) is 1. The van der Waals surface area contributed by atoms with E-state index in [1.54, 1.807) is 0 Å². The van der Waals surface area contributed by atoms with E-state index in [2.05, 4.69) is 4.98 Å². The predicted molar refractivity (Wildman–Crippen MR) is 56.1 cm³/mol. The van der Waals surface area contributed by atoms with Gasteiger partial charge in [0.25, 0.3) is 5.56 Å². The van der Waals surface area contributed by atoms with Crippen LogP contribution in [0.3, 0.4) is 0 Å². The number of aromatic amines is 2. The number of aromatic nitrogens is 4. The van der Waals surface area contributed by atoms with Crippen LogP contribution in [-0.2, 0) is 18.4 Å².